The summed E-state index contributed by atoms with van der Waals surface area (Å²) >= 11 is 0. The van der Waals surface area contributed by atoms with Gasteiger partial charge in [0.15, 0.2) is 5.78 Å². The zero-order valence-corrected chi connectivity index (χ0v) is 11.3. The number of ketones is 1. The molecule has 0 heterocycles. The molecule has 1 aromatic carbocycles. The molecule has 0 amide bonds. The molecule has 0 aromatic heterocycles. The summed E-state index contributed by atoms with van der Waals surface area (Å²) in [7, 11) is 1.64. The van der Waals surface area contributed by atoms with E-state index in [2.05, 4.69) is 0 Å². The van der Waals surface area contributed by atoms with E-state index in [4.69, 9.17) is 10.5 Å². The zero-order valence-electron chi connectivity index (χ0n) is 11.3. The lowest BCUT2D eigenvalue weighted by atomic mass is 9.92. The molecule has 0 radical (unpaired) electrons. The van der Waals surface area contributed by atoms with Crippen molar-refractivity contribution in [1.29, 1.82) is 0 Å². The first kappa shape index (κ1) is 13.7. The SMILES string of the molecule is COc1cc(C)c(C(=O)CC(C)N)c(C)c1C. The van der Waals surface area contributed by atoms with Crippen LogP contribution in [0.5, 0.6) is 5.75 Å². The Morgan fingerprint density at radius 2 is 1.94 bits per heavy atom. The van der Waals surface area contributed by atoms with Gasteiger partial charge in [-0.05, 0) is 50.5 Å². The van der Waals surface area contributed by atoms with Gasteiger partial charge in [-0.3, -0.25) is 4.79 Å². The number of hydrogen-bond donors (Lipinski definition) is 1. The molecule has 1 unspecified atom stereocenters. The Bertz CT molecular complexity index is 436. The second-order valence-corrected chi connectivity index (χ2v) is 4.63. The highest BCUT2D eigenvalue weighted by Crippen LogP contribution is 2.28. The van der Waals surface area contributed by atoms with Gasteiger partial charge in [0.25, 0.3) is 0 Å². The van der Waals surface area contributed by atoms with Crippen LogP contribution < -0.4 is 10.5 Å². The first-order valence-electron chi connectivity index (χ1n) is 5.82. The van der Waals surface area contributed by atoms with E-state index in [0.29, 0.717) is 6.42 Å². The lowest BCUT2D eigenvalue weighted by Gasteiger charge is -2.15. The average molecular weight is 235 g/mol. The monoisotopic (exact) mass is 235 g/mol. The Morgan fingerprint density at radius 3 is 2.41 bits per heavy atom. The highest BCUT2D eigenvalue weighted by Gasteiger charge is 2.17. The Morgan fingerprint density at radius 1 is 1.35 bits per heavy atom. The van der Waals surface area contributed by atoms with E-state index < -0.39 is 0 Å². The van der Waals surface area contributed by atoms with E-state index in [1.807, 2.05) is 33.8 Å². The molecule has 2 N–H and O–H groups in total. The molecule has 1 atom stereocenters. The molecule has 1 rings (SSSR count). The van der Waals surface area contributed by atoms with Crippen molar-refractivity contribution in [3.05, 3.63) is 28.3 Å². The summed E-state index contributed by atoms with van der Waals surface area (Å²) in [5.41, 5.74) is 9.44. The Kier molecular flexibility index (Phi) is 4.29. The Balaban J connectivity index is 3.26. The van der Waals surface area contributed by atoms with E-state index in [0.717, 1.165) is 28.0 Å². The molecule has 0 bridgehead atoms. The number of carbonyl (C=O) groups excluding carboxylic acids is 1. The normalized spacial score (nSPS) is 12.4. The number of carbonyl (C=O) groups is 1. The van der Waals surface area contributed by atoms with Gasteiger partial charge in [0.2, 0.25) is 0 Å². The maximum atomic E-state index is 12.1. The lowest BCUT2D eigenvalue weighted by Crippen LogP contribution is -2.21. The predicted octanol–water partition coefficient (Wildman–Crippen LogP) is 2.54. The van der Waals surface area contributed by atoms with E-state index >= 15 is 0 Å². The quantitative estimate of drug-likeness (QED) is 0.816. The summed E-state index contributed by atoms with van der Waals surface area (Å²) in [6.07, 6.45) is 0.382. The molecule has 0 aliphatic carbocycles. The van der Waals surface area contributed by atoms with Crippen LogP contribution in [0.2, 0.25) is 0 Å². The number of rotatable bonds is 4. The maximum absolute atomic E-state index is 12.1. The third kappa shape index (κ3) is 2.86. The van der Waals surface area contributed by atoms with Crippen molar-refractivity contribution in [3.8, 4) is 5.75 Å². The standard InChI is InChI=1S/C14H21NO2/c1-8-6-13(17-5)10(3)11(4)14(8)12(16)7-9(2)15/h6,9H,7,15H2,1-5H3. The largest absolute Gasteiger partial charge is 0.496 e. The van der Waals surface area contributed by atoms with Crippen LogP contribution in [-0.2, 0) is 0 Å². The topological polar surface area (TPSA) is 52.3 Å². The van der Waals surface area contributed by atoms with Gasteiger partial charge >= 0.3 is 0 Å². The number of benzene rings is 1. The minimum atomic E-state index is -0.108. The van der Waals surface area contributed by atoms with Gasteiger partial charge in [-0.15, -0.1) is 0 Å². The molecule has 1 aromatic rings. The van der Waals surface area contributed by atoms with Crippen LogP contribution in [0.1, 0.15) is 40.4 Å². The van der Waals surface area contributed by atoms with Crippen LogP contribution in [0.25, 0.3) is 0 Å². The van der Waals surface area contributed by atoms with E-state index in [1.54, 1.807) is 7.11 Å². The molecule has 0 saturated carbocycles. The van der Waals surface area contributed by atoms with Crippen molar-refractivity contribution in [1.82, 2.24) is 0 Å². The van der Waals surface area contributed by atoms with E-state index in [9.17, 15) is 4.79 Å². The number of ether oxygens (including phenoxy) is 1. The fourth-order valence-electron chi connectivity index (χ4n) is 2.08. The van der Waals surface area contributed by atoms with Crippen LogP contribution >= 0.6 is 0 Å². The summed E-state index contributed by atoms with van der Waals surface area (Å²) in [5.74, 6) is 0.943. The molecular weight excluding hydrogens is 214 g/mol. The predicted molar refractivity (Wildman–Crippen MR) is 69.8 cm³/mol. The first-order chi connectivity index (χ1) is 7.88. The fraction of sp³-hybridized carbons (Fsp3) is 0.500. The highest BCUT2D eigenvalue weighted by atomic mass is 16.5. The summed E-state index contributed by atoms with van der Waals surface area (Å²) in [5, 5.41) is 0. The van der Waals surface area contributed by atoms with Crippen LogP contribution in [0.4, 0.5) is 0 Å². The second kappa shape index (κ2) is 5.32. The molecule has 0 aliphatic heterocycles. The van der Waals surface area contributed by atoms with Crippen molar-refractivity contribution in [2.24, 2.45) is 5.73 Å². The molecular formula is C14H21NO2. The molecule has 0 fully saturated rings. The lowest BCUT2D eigenvalue weighted by molar-refractivity contribution is 0.0975. The first-order valence-corrected chi connectivity index (χ1v) is 5.82. The van der Waals surface area contributed by atoms with Gasteiger partial charge < -0.3 is 10.5 Å². The van der Waals surface area contributed by atoms with Crippen molar-refractivity contribution in [2.75, 3.05) is 7.11 Å². The third-order valence-corrected chi connectivity index (χ3v) is 3.06. The second-order valence-electron chi connectivity index (χ2n) is 4.63. The molecule has 94 valence electrons. The summed E-state index contributed by atoms with van der Waals surface area (Å²) < 4.78 is 5.29. The van der Waals surface area contributed by atoms with Gasteiger partial charge in [-0.1, -0.05) is 0 Å². The molecule has 0 aliphatic rings. The maximum Gasteiger partial charge on any atom is 0.164 e. The van der Waals surface area contributed by atoms with E-state index in [-0.39, 0.29) is 11.8 Å². The Labute approximate surface area is 103 Å². The van der Waals surface area contributed by atoms with Gasteiger partial charge in [0.05, 0.1) is 7.11 Å². The number of hydrogen-bond acceptors (Lipinski definition) is 3. The zero-order chi connectivity index (χ0) is 13.2. The molecule has 0 spiro atoms. The van der Waals surface area contributed by atoms with Crippen LogP contribution in [-0.4, -0.2) is 18.9 Å². The van der Waals surface area contributed by atoms with Crippen LogP contribution in [0.3, 0.4) is 0 Å². The summed E-state index contributed by atoms with van der Waals surface area (Å²) in [6.45, 7) is 7.71. The van der Waals surface area contributed by atoms with Crippen molar-refractivity contribution in [3.63, 3.8) is 0 Å². The van der Waals surface area contributed by atoms with E-state index in [1.165, 1.54) is 0 Å². The van der Waals surface area contributed by atoms with Gasteiger partial charge in [-0.25, -0.2) is 0 Å². The van der Waals surface area contributed by atoms with Gasteiger partial charge in [-0.2, -0.15) is 0 Å². The molecule has 0 saturated heterocycles. The smallest absolute Gasteiger partial charge is 0.164 e. The number of nitrogens with two attached hydrogens (primary N) is 1. The van der Waals surface area contributed by atoms with Crippen molar-refractivity contribution >= 4 is 5.78 Å². The van der Waals surface area contributed by atoms with Crippen LogP contribution in [0, 0.1) is 20.8 Å². The highest BCUT2D eigenvalue weighted by molar-refractivity contribution is 5.99. The summed E-state index contributed by atoms with van der Waals surface area (Å²) in [6, 6.07) is 1.81. The molecule has 3 nitrogen and oxygen atoms in total. The van der Waals surface area contributed by atoms with Gasteiger partial charge in [0, 0.05) is 18.0 Å². The Hall–Kier alpha value is -1.35. The summed E-state index contributed by atoms with van der Waals surface area (Å²) in [4.78, 5) is 12.1. The average Bonchev–Trinajstić information content (AvgIpc) is 2.22. The molecule has 17 heavy (non-hydrogen) atoms. The number of aryl methyl sites for hydroxylation is 1. The number of methoxy groups -OCH3 is 1. The van der Waals surface area contributed by atoms with Crippen molar-refractivity contribution < 1.29 is 9.53 Å². The van der Waals surface area contributed by atoms with Crippen molar-refractivity contribution in [2.45, 2.75) is 40.2 Å². The molecule has 3 heteroatoms. The minimum absolute atomic E-state index is 0.108. The number of Topliss-reactive ketones (excluding diaryl/α,β-unsaturated/α-hetero) is 1. The van der Waals surface area contributed by atoms with Gasteiger partial charge in [0.1, 0.15) is 5.75 Å². The third-order valence-electron chi connectivity index (χ3n) is 3.06. The minimum Gasteiger partial charge on any atom is -0.496 e. The van der Waals surface area contributed by atoms with Crippen LogP contribution in [0.15, 0.2) is 6.07 Å². The fourth-order valence-corrected chi connectivity index (χ4v) is 2.08.